The van der Waals surface area contributed by atoms with E-state index >= 15 is 0 Å². The molecule has 2 aromatic rings. The molecule has 0 aromatic carbocycles. The first kappa shape index (κ1) is 14.0. The van der Waals surface area contributed by atoms with E-state index in [0.717, 1.165) is 30.0 Å². The Morgan fingerprint density at radius 3 is 2.90 bits per heavy atom. The lowest BCUT2D eigenvalue weighted by Crippen LogP contribution is -2.15. The summed E-state index contributed by atoms with van der Waals surface area (Å²) in [6, 6.07) is 5.40. The van der Waals surface area contributed by atoms with E-state index in [9.17, 15) is 4.79 Å². The van der Waals surface area contributed by atoms with E-state index in [4.69, 9.17) is 0 Å². The zero-order chi connectivity index (χ0) is 14.4. The fourth-order valence-electron chi connectivity index (χ4n) is 1.81. The van der Waals surface area contributed by atoms with Gasteiger partial charge < -0.3 is 10.6 Å². The van der Waals surface area contributed by atoms with Gasteiger partial charge in [-0.2, -0.15) is 0 Å². The van der Waals surface area contributed by atoms with E-state index in [-0.39, 0.29) is 5.91 Å². The van der Waals surface area contributed by atoms with Crippen molar-refractivity contribution in [3.63, 3.8) is 0 Å². The molecule has 0 radical (unpaired) electrons. The van der Waals surface area contributed by atoms with Gasteiger partial charge in [0.15, 0.2) is 0 Å². The van der Waals surface area contributed by atoms with Gasteiger partial charge in [-0.15, -0.1) is 0 Å². The maximum atomic E-state index is 12.3. The normalized spacial score (nSPS) is 10.1. The fourth-order valence-corrected chi connectivity index (χ4v) is 1.81. The molecule has 0 unspecified atom stereocenters. The zero-order valence-corrected chi connectivity index (χ0v) is 11.7. The number of rotatable bonds is 5. The van der Waals surface area contributed by atoms with Crippen LogP contribution in [0.5, 0.6) is 0 Å². The van der Waals surface area contributed by atoms with E-state index in [2.05, 4.69) is 27.5 Å². The van der Waals surface area contributed by atoms with Gasteiger partial charge in [-0.05, 0) is 31.5 Å². The van der Waals surface area contributed by atoms with Gasteiger partial charge in [-0.3, -0.25) is 14.8 Å². The Morgan fingerprint density at radius 1 is 1.30 bits per heavy atom. The van der Waals surface area contributed by atoms with Crippen molar-refractivity contribution in [1.29, 1.82) is 0 Å². The number of aromatic nitrogens is 2. The summed E-state index contributed by atoms with van der Waals surface area (Å²) in [5, 5.41) is 6.08. The molecule has 0 aliphatic rings. The molecule has 2 aromatic heterocycles. The molecule has 2 rings (SSSR count). The third-order valence-corrected chi connectivity index (χ3v) is 2.79. The topological polar surface area (TPSA) is 66.9 Å². The lowest BCUT2D eigenvalue weighted by molar-refractivity contribution is 0.102. The van der Waals surface area contributed by atoms with Gasteiger partial charge in [0, 0.05) is 36.5 Å². The van der Waals surface area contributed by atoms with E-state index in [1.807, 2.05) is 19.1 Å². The quantitative estimate of drug-likeness (QED) is 0.876. The van der Waals surface area contributed by atoms with Crippen LogP contribution in [0.1, 0.15) is 29.4 Å². The number of pyridine rings is 2. The van der Waals surface area contributed by atoms with Crippen LogP contribution in [0, 0.1) is 6.92 Å². The second-order valence-electron chi connectivity index (χ2n) is 4.49. The summed E-state index contributed by atoms with van der Waals surface area (Å²) in [4.78, 5) is 20.4. The van der Waals surface area contributed by atoms with E-state index in [1.165, 1.54) is 0 Å². The third-order valence-electron chi connectivity index (χ3n) is 2.79. The molecule has 0 saturated heterocycles. The number of hydrogen-bond donors (Lipinski definition) is 2. The van der Waals surface area contributed by atoms with Crippen LogP contribution in [-0.2, 0) is 0 Å². The molecule has 0 atom stereocenters. The van der Waals surface area contributed by atoms with Crippen molar-refractivity contribution in [3.8, 4) is 0 Å². The molecule has 0 saturated carbocycles. The van der Waals surface area contributed by atoms with Crippen LogP contribution in [-0.4, -0.2) is 22.4 Å². The van der Waals surface area contributed by atoms with Gasteiger partial charge >= 0.3 is 0 Å². The number of carbonyl (C=O) groups excluding carboxylic acids is 1. The number of anilines is 2. The Labute approximate surface area is 118 Å². The Kier molecular flexibility index (Phi) is 4.65. The van der Waals surface area contributed by atoms with Crippen molar-refractivity contribution in [1.82, 2.24) is 9.97 Å². The van der Waals surface area contributed by atoms with Crippen molar-refractivity contribution in [2.75, 3.05) is 17.2 Å². The molecule has 1 amide bonds. The number of hydrogen-bond acceptors (Lipinski definition) is 4. The molecule has 0 bridgehead atoms. The van der Waals surface area contributed by atoms with E-state index in [1.54, 1.807) is 24.7 Å². The summed E-state index contributed by atoms with van der Waals surface area (Å²) in [6.45, 7) is 4.78. The molecule has 20 heavy (non-hydrogen) atoms. The second kappa shape index (κ2) is 6.65. The van der Waals surface area contributed by atoms with Crippen LogP contribution in [0.3, 0.4) is 0 Å². The summed E-state index contributed by atoms with van der Waals surface area (Å²) in [6.07, 6.45) is 5.91. The number of carbonyl (C=O) groups is 1. The van der Waals surface area contributed by atoms with Crippen LogP contribution in [0.4, 0.5) is 11.4 Å². The number of nitrogens with one attached hydrogen (secondary N) is 2. The van der Waals surface area contributed by atoms with E-state index < -0.39 is 0 Å². The van der Waals surface area contributed by atoms with Crippen molar-refractivity contribution in [3.05, 3.63) is 48.0 Å². The van der Waals surface area contributed by atoms with Gasteiger partial charge in [0.25, 0.3) is 5.91 Å². The highest BCUT2D eigenvalue weighted by molar-refractivity contribution is 6.07. The van der Waals surface area contributed by atoms with Gasteiger partial charge in [0.1, 0.15) is 0 Å². The van der Waals surface area contributed by atoms with Crippen molar-refractivity contribution < 1.29 is 4.79 Å². The first-order chi connectivity index (χ1) is 9.70. The highest BCUT2D eigenvalue weighted by Gasteiger charge is 2.11. The first-order valence-corrected chi connectivity index (χ1v) is 6.62. The highest BCUT2D eigenvalue weighted by Crippen LogP contribution is 2.16. The molecule has 104 valence electrons. The Balaban J connectivity index is 2.16. The monoisotopic (exact) mass is 270 g/mol. The predicted octanol–water partition coefficient (Wildman–Crippen LogP) is 2.86. The third kappa shape index (κ3) is 3.54. The standard InChI is InChI=1S/C15H18N4O/c1-3-6-18-14-5-7-16-10-13(14)15(20)19-12-4-8-17-11(2)9-12/h4-5,7-10H,3,6H2,1-2H3,(H,16,18)(H,17,19,20). The van der Waals surface area contributed by atoms with Crippen molar-refractivity contribution >= 4 is 17.3 Å². The Hall–Kier alpha value is -2.43. The highest BCUT2D eigenvalue weighted by atomic mass is 16.1. The summed E-state index contributed by atoms with van der Waals surface area (Å²) in [7, 11) is 0. The van der Waals surface area contributed by atoms with Crippen LogP contribution >= 0.6 is 0 Å². The zero-order valence-electron chi connectivity index (χ0n) is 11.7. The summed E-state index contributed by atoms with van der Waals surface area (Å²) in [5.74, 6) is -0.178. The average molecular weight is 270 g/mol. The minimum atomic E-state index is -0.178. The minimum absolute atomic E-state index is 0.178. The van der Waals surface area contributed by atoms with E-state index in [0.29, 0.717) is 5.56 Å². The second-order valence-corrected chi connectivity index (χ2v) is 4.49. The summed E-state index contributed by atoms with van der Waals surface area (Å²) >= 11 is 0. The molecule has 0 fully saturated rings. The van der Waals surface area contributed by atoms with Crippen LogP contribution in [0.15, 0.2) is 36.8 Å². The van der Waals surface area contributed by atoms with Gasteiger partial charge in [0.2, 0.25) is 0 Å². The van der Waals surface area contributed by atoms with Crippen LogP contribution in [0.2, 0.25) is 0 Å². The molecule has 0 spiro atoms. The number of nitrogens with zero attached hydrogens (tertiary/aromatic N) is 2. The molecular formula is C15H18N4O. The molecule has 0 aliphatic heterocycles. The summed E-state index contributed by atoms with van der Waals surface area (Å²) < 4.78 is 0. The first-order valence-electron chi connectivity index (χ1n) is 6.62. The molecule has 5 nitrogen and oxygen atoms in total. The average Bonchev–Trinajstić information content (AvgIpc) is 2.45. The number of amides is 1. The maximum Gasteiger partial charge on any atom is 0.259 e. The molecular weight excluding hydrogens is 252 g/mol. The summed E-state index contributed by atoms with van der Waals surface area (Å²) in [5.41, 5.74) is 2.92. The van der Waals surface area contributed by atoms with Crippen LogP contribution in [0.25, 0.3) is 0 Å². The molecule has 5 heteroatoms. The smallest absolute Gasteiger partial charge is 0.259 e. The van der Waals surface area contributed by atoms with Gasteiger partial charge in [-0.25, -0.2) is 0 Å². The Morgan fingerprint density at radius 2 is 2.15 bits per heavy atom. The van der Waals surface area contributed by atoms with Crippen LogP contribution < -0.4 is 10.6 Å². The lowest BCUT2D eigenvalue weighted by Gasteiger charge is -2.11. The lowest BCUT2D eigenvalue weighted by atomic mass is 10.2. The maximum absolute atomic E-state index is 12.3. The van der Waals surface area contributed by atoms with Crippen molar-refractivity contribution in [2.24, 2.45) is 0 Å². The minimum Gasteiger partial charge on any atom is -0.384 e. The molecule has 2 heterocycles. The number of aryl methyl sites for hydroxylation is 1. The van der Waals surface area contributed by atoms with Gasteiger partial charge in [0.05, 0.1) is 11.3 Å². The van der Waals surface area contributed by atoms with Gasteiger partial charge in [-0.1, -0.05) is 6.92 Å². The SMILES string of the molecule is CCCNc1ccncc1C(=O)Nc1ccnc(C)c1. The molecule has 0 aliphatic carbocycles. The largest absolute Gasteiger partial charge is 0.384 e. The predicted molar refractivity (Wildman–Crippen MR) is 79.9 cm³/mol. The molecule has 2 N–H and O–H groups in total. The Bertz CT molecular complexity index is 598. The van der Waals surface area contributed by atoms with Crippen molar-refractivity contribution in [2.45, 2.75) is 20.3 Å². The fraction of sp³-hybridized carbons (Fsp3) is 0.267.